The van der Waals surface area contributed by atoms with Crippen LogP contribution in [0.5, 0.6) is 0 Å². The third-order valence-electron chi connectivity index (χ3n) is 4.03. The molecule has 0 atom stereocenters. The van der Waals surface area contributed by atoms with Crippen LogP contribution in [0.25, 0.3) is 0 Å². The molecule has 1 aromatic carbocycles. The fraction of sp³-hybridized carbons (Fsp3) is 0.562. The number of aliphatic carboxylic acids is 1. The van der Waals surface area contributed by atoms with Crippen LogP contribution in [0, 0.1) is 26.7 Å². The number of aryl methyl sites for hydroxylation is 3. The second kappa shape index (κ2) is 5.64. The molecule has 0 aromatic heterocycles. The molecule has 19 heavy (non-hydrogen) atoms. The first-order chi connectivity index (χ1) is 8.97. The highest BCUT2D eigenvalue weighted by Crippen LogP contribution is 2.30. The fourth-order valence-electron chi connectivity index (χ4n) is 3.28. The molecule has 0 bridgehead atoms. The zero-order valence-corrected chi connectivity index (χ0v) is 12.1. The van der Waals surface area contributed by atoms with Gasteiger partial charge in [-0.05, 0) is 50.7 Å². The molecule has 1 aliphatic rings. The van der Waals surface area contributed by atoms with Crippen molar-refractivity contribution in [2.24, 2.45) is 5.92 Å². The molecule has 104 valence electrons. The van der Waals surface area contributed by atoms with Crippen molar-refractivity contribution >= 4 is 11.7 Å². The average Bonchev–Trinajstić information content (AvgIpc) is 2.29. The number of carbonyl (C=O) groups is 1. The third kappa shape index (κ3) is 3.28. The summed E-state index contributed by atoms with van der Waals surface area (Å²) in [5, 5.41) is 8.85. The van der Waals surface area contributed by atoms with E-state index in [-0.39, 0.29) is 0 Å². The molecule has 0 aliphatic carbocycles. The Morgan fingerprint density at radius 1 is 1.21 bits per heavy atom. The van der Waals surface area contributed by atoms with Crippen LogP contribution >= 0.6 is 0 Å². The van der Waals surface area contributed by atoms with Gasteiger partial charge in [0.2, 0.25) is 0 Å². The van der Waals surface area contributed by atoms with Crippen LogP contribution in [-0.4, -0.2) is 24.2 Å². The minimum atomic E-state index is -0.666. The summed E-state index contributed by atoms with van der Waals surface area (Å²) in [5.41, 5.74) is 5.31. The molecule has 0 amide bonds. The van der Waals surface area contributed by atoms with E-state index < -0.39 is 5.97 Å². The number of benzene rings is 1. The maximum Gasteiger partial charge on any atom is 0.303 e. The van der Waals surface area contributed by atoms with E-state index in [0.717, 1.165) is 25.9 Å². The van der Waals surface area contributed by atoms with Crippen molar-refractivity contribution in [2.45, 2.75) is 40.0 Å². The van der Waals surface area contributed by atoms with Crippen LogP contribution in [-0.2, 0) is 4.79 Å². The lowest BCUT2D eigenvalue weighted by Crippen LogP contribution is -2.35. The second-order valence-corrected chi connectivity index (χ2v) is 5.78. The van der Waals surface area contributed by atoms with Gasteiger partial charge in [0.25, 0.3) is 0 Å². The number of carboxylic acid groups (broad SMARTS) is 1. The molecule has 1 fully saturated rings. The first kappa shape index (κ1) is 13.9. The Morgan fingerprint density at radius 3 is 2.21 bits per heavy atom. The molecular weight excluding hydrogens is 238 g/mol. The summed E-state index contributed by atoms with van der Waals surface area (Å²) in [5.74, 6) is -0.319. The molecule has 3 nitrogen and oxygen atoms in total. The van der Waals surface area contributed by atoms with E-state index in [1.54, 1.807) is 0 Å². The quantitative estimate of drug-likeness (QED) is 0.907. The number of carboxylic acids is 1. The number of anilines is 1. The zero-order chi connectivity index (χ0) is 14.0. The molecule has 3 heteroatoms. The molecule has 1 saturated heterocycles. The number of hydrogen-bond donors (Lipinski definition) is 1. The van der Waals surface area contributed by atoms with Crippen LogP contribution in [0.3, 0.4) is 0 Å². The predicted molar refractivity (Wildman–Crippen MR) is 77.8 cm³/mol. The van der Waals surface area contributed by atoms with Gasteiger partial charge in [0, 0.05) is 25.2 Å². The van der Waals surface area contributed by atoms with Gasteiger partial charge in [-0.15, -0.1) is 0 Å². The molecule has 0 spiro atoms. The second-order valence-electron chi connectivity index (χ2n) is 5.78. The first-order valence-electron chi connectivity index (χ1n) is 7.02. The van der Waals surface area contributed by atoms with Crippen molar-refractivity contribution in [3.05, 3.63) is 28.8 Å². The van der Waals surface area contributed by atoms with E-state index in [1.807, 2.05) is 0 Å². The number of rotatable bonds is 3. The summed E-state index contributed by atoms with van der Waals surface area (Å²) < 4.78 is 0. The van der Waals surface area contributed by atoms with Crippen molar-refractivity contribution < 1.29 is 9.90 Å². The molecule has 0 saturated carbocycles. The maximum absolute atomic E-state index is 10.8. The molecule has 1 aliphatic heterocycles. The lowest BCUT2D eigenvalue weighted by atomic mass is 9.92. The highest BCUT2D eigenvalue weighted by Gasteiger charge is 2.23. The standard InChI is InChI=1S/C16H23NO2/c1-11-8-12(2)16(13(3)9-11)17-6-4-14(5-7-17)10-15(18)19/h8-9,14H,4-7,10H2,1-3H3,(H,18,19). The van der Waals surface area contributed by atoms with E-state index in [0.29, 0.717) is 12.3 Å². The Hall–Kier alpha value is -1.51. The molecular formula is C16H23NO2. The van der Waals surface area contributed by atoms with Gasteiger partial charge in [-0.1, -0.05) is 17.7 Å². The monoisotopic (exact) mass is 261 g/mol. The summed E-state index contributed by atoms with van der Waals surface area (Å²) in [6.07, 6.45) is 2.29. The van der Waals surface area contributed by atoms with Gasteiger partial charge in [-0.25, -0.2) is 0 Å². The predicted octanol–water partition coefficient (Wildman–Crippen LogP) is 3.30. The van der Waals surface area contributed by atoms with E-state index in [1.165, 1.54) is 22.4 Å². The molecule has 0 radical (unpaired) electrons. The smallest absolute Gasteiger partial charge is 0.303 e. The molecule has 1 aromatic rings. The number of hydrogen-bond acceptors (Lipinski definition) is 2. The zero-order valence-electron chi connectivity index (χ0n) is 12.1. The van der Waals surface area contributed by atoms with Crippen LogP contribution in [0.1, 0.15) is 36.0 Å². The molecule has 2 rings (SSSR count). The average molecular weight is 261 g/mol. The lowest BCUT2D eigenvalue weighted by molar-refractivity contribution is -0.138. The van der Waals surface area contributed by atoms with Crippen molar-refractivity contribution in [3.8, 4) is 0 Å². The Balaban J connectivity index is 2.08. The Kier molecular flexibility index (Phi) is 4.13. The maximum atomic E-state index is 10.8. The normalized spacial score (nSPS) is 16.7. The summed E-state index contributed by atoms with van der Waals surface area (Å²) in [6.45, 7) is 8.41. The number of nitrogens with zero attached hydrogens (tertiary/aromatic N) is 1. The Bertz CT molecular complexity index is 451. The largest absolute Gasteiger partial charge is 0.481 e. The highest BCUT2D eigenvalue weighted by atomic mass is 16.4. The minimum Gasteiger partial charge on any atom is -0.481 e. The van der Waals surface area contributed by atoms with Crippen LogP contribution < -0.4 is 4.90 Å². The van der Waals surface area contributed by atoms with Crippen molar-refractivity contribution in [1.29, 1.82) is 0 Å². The number of piperidine rings is 1. The summed E-state index contributed by atoms with van der Waals surface area (Å²) >= 11 is 0. The van der Waals surface area contributed by atoms with Gasteiger partial charge in [0.1, 0.15) is 0 Å². The summed E-state index contributed by atoms with van der Waals surface area (Å²) in [4.78, 5) is 13.2. The molecule has 1 heterocycles. The Morgan fingerprint density at radius 2 is 1.74 bits per heavy atom. The van der Waals surface area contributed by atoms with E-state index in [2.05, 4.69) is 37.8 Å². The van der Waals surface area contributed by atoms with Crippen molar-refractivity contribution in [1.82, 2.24) is 0 Å². The molecule has 0 unspecified atom stereocenters. The van der Waals surface area contributed by atoms with Gasteiger partial charge in [0.05, 0.1) is 0 Å². The van der Waals surface area contributed by atoms with Gasteiger partial charge in [0.15, 0.2) is 0 Å². The van der Waals surface area contributed by atoms with Gasteiger partial charge in [-0.2, -0.15) is 0 Å². The van der Waals surface area contributed by atoms with Crippen LogP contribution in [0.15, 0.2) is 12.1 Å². The SMILES string of the molecule is Cc1cc(C)c(N2CCC(CC(=O)O)CC2)c(C)c1. The minimum absolute atomic E-state index is 0.319. The van der Waals surface area contributed by atoms with Crippen molar-refractivity contribution in [2.75, 3.05) is 18.0 Å². The van der Waals surface area contributed by atoms with Crippen molar-refractivity contribution in [3.63, 3.8) is 0 Å². The van der Waals surface area contributed by atoms with Gasteiger partial charge >= 0.3 is 5.97 Å². The first-order valence-corrected chi connectivity index (χ1v) is 7.02. The van der Waals surface area contributed by atoms with Gasteiger partial charge in [-0.3, -0.25) is 4.79 Å². The van der Waals surface area contributed by atoms with E-state index in [9.17, 15) is 4.79 Å². The highest BCUT2D eigenvalue weighted by molar-refractivity contribution is 5.67. The summed E-state index contributed by atoms with van der Waals surface area (Å²) in [7, 11) is 0. The topological polar surface area (TPSA) is 40.5 Å². The van der Waals surface area contributed by atoms with Gasteiger partial charge < -0.3 is 10.0 Å². The van der Waals surface area contributed by atoms with Crippen LogP contribution in [0.2, 0.25) is 0 Å². The Labute approximate surface area is 115 Å². The summed E-state index contributed by atoms with van der Waals surface area (Å²) in [6, 6.07) is 4.46. The van der Waals surface area contributed by atoms with Crippen LogP contribution in [0.4, 0.5) is 5.69 Å². The van der Waals surface area contributed by atoms with E-state index >= 15 is 0 Å². The third-order valence-corrected chi connectivity index (χ3v) is 4.03. The molecule has 1 N–H and O–H groups in total. The van der Waals surface area contributed by atoms with E-state index in [4.69, 9.17) is 5.11 Å². The fourth-order valence-corrected chi connectivity index (χ4v) is 3.28. The lowest BCUT2D eigenvalue weighted by Gasteiger charge is -2.35.